The second kappa shape index (κ2) is 8.63. The lowest BCUT2D eigenvalue weighted by Crippen LogP contribution is -2.26. The number of rotatable bonds is 7. The molecule has 3 nitrogen and oxygen atoms in total. The maximum atomic E-state index is 5.66. The van der Waals surface area contributed by atoms with E-state index in [1.165, 1.54) is 5.56 Å². The maximum absolute atomic E-state index is 5.66. The molecule has 0 saturated heterocycles. The SMILES string of the molecule is NCCCN(Cc1ccccc1)Cc1ncc(Br)cc1Br. The van der Waals surface area contributed by atoms with E-state index < -0.39 is 0 Å². The highest BCUT2D eigenvalue weighted by molar-refractivity contribution is 9.11. The number of benzene rings is 1. The average Bonchev–Trinajstić information content (AvgIpc) is 2.48. The number of hydrogen-bond donors (Lipinski definition) is 1. The Bertz CT molecular complexity index is 561. The molecule has 21 heavy (non-hydrogen) atoms. The van der Waals surface area contributed by atoms with Gasteiger partial charge in [0.1, 0.15) is 0 Å². The summed E-state index contributed by atoms with van der Waals surface area (Å²) in [6.45, 7) is 3.39. The molecule has 0 radical (unpaired) electrons. The Balaban J connectivity index is 2.08. The fourth-order valence-corrected chi connectivity index (χ4v) is 3.25. The fraction of sp³-hybridized carbons (Fsp3) is 0.312. The molecule has 112 valence electrons. The minimum absolute atomic E-state index is 0.709. The summed E-state index contributed by atoms with van der Waals surface area (Å²) >= 11 is 7.02. The summed E-state index contributed by atoms with van der Waals surface area (Å²) in [5, 5.41) is 0. The Kier molecular flexibility index (Phi) is 6.83. The summed E-state index contributed by atoms with van der Waals surface area (Å²) in [5.74, 6) is 0. The molecule has 5 heteroatoms. The number of nitrogens with zero attached hydrogens (tertiary/aromatic N) is 2. The van der Waals surface area contributed by atoms with Crippen LogP contribution in [-0.4, -0.2) is 23.0 Å². The van der Waals surface area contributed by atoms with E-state index in [-0.39, 0.29) is 0 Å². The molecule has 0 fully saturated rings. The Morgan fingerprint density at radius 3 is 2.52 bits per heavy atom. The van der Waals surface area contributed by atoms with Crippen molar-refractivity contribution in [1.29, 1.82) is 0 Å². The molecular formula is C16H19Br2N3. The number of hydrogen-bond acceptors (Lipinski definition) is 3. The summed E-state index contributed by atoms with van der Waals surface area (Å²) in [7, 11) is 0. The van der Waals surface area contributed by atoms with Crippen LogP contribution in [0.1, 0.15) is 17.7 Å². The van der Waals surface area contributed by atoms with Crippen molar-refractivity contribution in [2.75, 3.05) is 13.1 Å². The zero-order chi connectivity index (χ0) is 15.1. The third kappa shape index (κ3) is 5.51. The van der Waals surface area contributed by atoms with Gasteiger partial charge < -0.3 is 5.73 Å². The van der Waals surface area contributed by atoms with Crippen LogP contribution < -0.4 is 5.73 Å². The lowest BCUT2D eigenvalue weighted by Gasteiger charge is -2.22. The Morgan fingerprint density at radius 2 is 1.86 bits per heavy atom. The molecule has 0 aliphatic rings. The molecule has 1 aromatic heterocycles. The summed E-state index contributed by atoms with van der Waals surface area (Å²) in [4.78, 5) is 6.88. The van der Waals surface area contributed by atoms with E-state index in [1.807, 2.05) is 18.3 Å². The van der Waals surface area contributed by atoms with Gasteiger partial charge in [-0.2, -0.15) is 0 Å². The quantitative estimate of drug-likeness (QED) is 0.748. The zero-order valence-corrected chi connectivity index (χ0v) is 15.0. The van der Waals surface area contributed by atoms with E-state index in [0.717, 1.165) is 40.7 Å². The van der Waals surface area contributed by atoms with Crippen LogP contribution >= 0.6 is 31.9 Å². The second-order valence-electron chi connectivity index (χ2n) is 4.92. The molecule has 1 aromatic carbocycles. The van der Waals surface area contributed by atoms with Crippen molar-refractivity contribution in [2.24, 2.45) is 5.73 Å². The number of pyridine rings is 1. The van der Waals surface area contributed by atoms with Crippen molar-refractivity contribution in [1.82, 2.24) is 9.88 Å². The molecule has 0 unspecified atom stereocenters. The first-order valence-electron chi connectivity index (χ1n) is 6.95. The third-order valence-corrected chi connectivity index (χ3v) is 4.31. The van der Waals surface area contributed by atoms with Gasteiger partial charge in [-0.25, -0.2) is 0 Å². The molecule has 0 saturated carbocycles. The molecule has 0 spiro atoms. The van der Waals surface area contributed by atoms with Crippen molar-refractivity contribution in [3.63, 3.8) is 0 Å². The lowest BCUT2D eigenvalue weighted by molar-refractivity contribution is 0.251. The van der Waals surface area contributed by atoms with Crippen LogP contribution in [0.15, 0.2) is 51.5 Å². The van der Waals surface area contributed by atoms with E-state index in [4.69, 9.17) is 5.73 Å². The van der Waals surface area contributed by atoms with E-state index in [2.05, 4.69) is 66.0 Å². The van der Waals surface area contributed by atoms with Gasteiger partial charge in [-0.1, -0.05) is 30.3 Å². The standard InChI is InChI=1S/C16H19Br2N3/c17-14-9-15(18)16(20-10-14)12-21(8-4-7-19)11-13-5-2-1-3-6-13/h1-3,5-6,9-10H,4,7-8,11-12,19H2. The number of nitrogens with two attached hydrogens (primary N) is 1. The molecule has 0 aliphatic heterocycles. The Hall–Kier alpha value is -0.750. The summed E-state index contributed by atoms with van der Waals surface area (Å²) in [6, 6.07) is 12.5. The van der Waals surface area contributed by atoms with Crippen LogP contribution in [-0.2, 0) is 13.1 Å². The third-order valence-electron chi connectivity index (χ3n) is 3.18. The number of aromatic nitrogens is 1. The lowest BCUT2D eigenvalue weighted by atomic mass is 10.2. The molecule has 0 bridgehead atoms. The van der Waals surface area contributed by atoms with Gasteiger partial charge in [0, 0.05) is 34.8 Å². The average molecular weight is 413 g/mol. The fourth-order valence-electron chi connectivity index (χ4n) is 2.14. The van der Waals surface area contributed by atoms with Gasteiger partial charge >= 0.3 is 0 Å². The maximum Gasteiger partial charge on any atom is 0.0686 e. The highest BCUT2D eigenvalue weighted by Crippen LogP contribution is 2.21. The molecule has 0 atom stereocenters. The van der Waals surface area contributed by atoms with Crippen molar-refractivity contribution in [2.45, 2.75) is 19.5 Å². The highest BCUT2D eigenvalue weighted by Gasteiger charge is 2.10. The van der Waals surface area contributed by atoms with Gasteiger partial charge in [-0.3, -0.25) is 9.88 Å². The van der Waals surface area contributed by atoms with Crippen molar-refractivity contribution in [3.8, 4) is 0 Å². The first-order chi connectivity index (χ1) is 10.2. The minimum Gasteiger partial charge on any atom is -0.330 e. The van der Waals surface area contributed by atoms with Gasteiger partial charge in [0.15, 0.2) is 0 Å². The molecule has 2 aromatic rings. The Morgan fingerprint density at radius 1 is 1.10 bits per heavy atom. The van der Waals surface area contributed by atoms with Crippen LogP contribution in [0.2, 0.25) is 0 Å². The largest absolute Gasteiger partial charge is 0.330 e. The summed E-state index contributed by atoms with van der Waals surface area (Å²) in [6.07, 6.45) is 2.82. The van der Waals surface area contributed by atoms with Gasteiger partial charge in [-0.15, -0.1) is 0 Å². The zero-order valence-electron chi connectivity index (χ0n) is 11.8. The predicted octanol–water partition coefficient (Wildman–Crippen LogP) is 3.96. The first-order valence-corrected chi connectivity index (χ1v) is 8.54. The summed E-state index contributed by atoms with van der Waals surface area (Å²) in [5.41, 5.74) is 8.01. The van der Waals surface area contributed by atoms with E-state index >= 15 is 0 Å². The van der Waals surface area contributed by atoms with Crippen molar-refractivity contribution >= 4 is 31.9 Å². The van der Waals surface area contributed by atoms with E-state index in [0.29, 0.717) is 6.54 Å². The first kappa shape index (κ1) is 16.6. The van der Waals surface area contributed by atoms with Crippen LogP contribution in [0.3, 0.4) is 0 Å². The predicted molar refractivity (Wildman–Crippen MR) is 93.9 cm³/mol. The minimum atomic E-state index is 0.709. The van der Waals surface area contributed by atoms with Gasteiger partial charge in [0.2, 0.25) is 0 Å². The monoisotopic (exact) mass is 411 g/mol. The Labute approximate surface area is 142 Å². The van der Waals surface area contributed by atoms with Crippen molar-refractivity contribution in [3.05, 3.63) is 62.8 Å². The molecule has 0 aliphatic carbocycles. The van der Waals surface area contributed by atoms with E-state index in [1.54, 1.807) is 0 Å². The number of halogens is 2. The van der Waals surface area contributed by atoms with Crippen LogP contribution in [0.4, 0.5) is 0 Å². The molecular weight excluding hydrogens is 394 g/mol. The van der Waals surface area contributed by atoms with Crippen LogP contribution in [0, 0.1) is 0 Å². The van der Waals surface area contributed by atoms with Gasteiger partial charge in [0.25, 0.3) is 0 Å². The molecule has 2 N–H and O–H groups in total. The smallest absolute Gasteiger partial charge is 0.0686 e. The highest BCUT2D eigenvalue weighted by atomic mass is 79.9. The normalized spacial score (nSPS) is 11.0. The molecule has 2 rings (SSSR count). The topological polar surface area (TPSA) is 42.1 Å². The van der Waals surface area contributed by atoms with E-state index in [9.17, 15) is 0 Å². The molecule has 1 heterocycles. The van der Waals surface area contributed by atoms with Gasteiger partial charge in [0.05, 0.1) is 5.69 Å². The van der Waals surface area contributed by atoms with Crippen LogP contribution in [0.25, 0.3) is 0 Å². The van der Waals surface area contributed by atoms with Gasteiger partial charge in [-0.05, 0) is 56.5 Å². The van der Waals surface area contributed by atoms with Crippen molar-refractivity contribution < 1.29 is 0 Å². The van der Waals surface area contributed by atoms with Crippen LogP contribution in [0.5, 0.6) is 0 Å². The molecule has 0 amide bonds. The summed E-state index contributed by atoms with van der Waals surface area (Å²) < 4.78 is 2.01. The second-order valence-corrected chi connectivity index (χ2v) is 6.69.